The maximum atomic E-state index is 12.0. The summed E-state index contributed by atoms with van der Waals surface area (Å²) in [7, 11) is 0. The van der Waals surface area contributed by atoms with Gasteiger partial charge in [0.1, 0.15) is 6.10 Å². The predicted molar refractivity (Wildman–Crippen MR) is 77.2 cm³/mol. The summed E-state index contributed by atoms with van der Waals surface area (Å²) in [6.07, 6.45) is 2.75. The summed E-state index contributed by atoms with van der Waals surface area (Å²) in [5, 5.41) is 4.31. The average Bonchev–Trinajstić information content (AvgIpc) is 2.95. The summed E-state index contributed by atoms with van der Waals surface area (Å²) in [6, 6.07) is 5.01. The van der Waals surface area contributed by atoms with Gasteiger partial charge in [-0.15, -0.1) is 0 Å². The highest BCUT2D eigenvalue weighted by Crippen LogP contribution is 2.27. The van der Waals surface area contributed by atoms with Crippen molar-refractivity contribution in [3.05, 3.63) is 39.8 Å². The minimum Gasteiger partial charge on any atom is -0.368 e. The second kappa shape index (κ2) is 5.26. The molecule has 1 aliphatic rings. The van der Waals surface area contributed by atoms with Crippen molar-refractivity contribution in [2.24, 2.45) is 0 Å². The summed E-state index contributed by atoms with van der Waals surface area (Å²) in [4.78, 5) is 26.2. The summed E-state index contributed by atoms with van der Waals surface area (Å²) < 4.78 is 5.32. The Morgan fingerprint density at radius 2 is 2.30 bits per heavy atom. The van der Waals surface area contributed by atoms with Crippen LogP contribution in [-0.4, -0.2) is 23.6 Å². The average molecular weight is 293 g/mol. The Balaban J connectivity index is 1.93. The van der Waals surface area contributed by atoms with Gasteiger partial charge in [0.05, 0.1) is 10.7 Å². The SMILES string of the molecule is O=C(Nc1cc2cc[nH]c(=O)c2cc1Cl)[C@@H]1CCCO1. The third-order valence-electron chi connectivity index (χ3n) is 3.34. The molecule has 6 heteroatoms. The molecule has 20 heavy (non-hydrogen) atoms. The van der Waals surface area contributed by atoms with Crippen LogP contribution in [0.3, 0.4) is 0 Å². The number of amides is 1. The van der Waals surface area contributed by atoms with Crippen molar-refractivity contribution in [3.63, 3.8) is 0 Å². The lowest BCUT2D eigenvalue weighted by molar-refractivity contribution is -0.124. The summed E-state index contributed by atoms with van der Waals surface area (Å²) in [5.41, 5.74) is 0.284. The number of nitrogens with one attached hydrogen (secondary N) is 2. The van der Waals surface area contributed by atoms with Crippen molar-refractivity contribution in [2.75, 3.05) is 11.9 Å². The molecule has 0 aliphatic carbocycles. The van der Waals surface area contributed by atoms with Gasteiger partial charge in [-0.2, -0.15) is 0 Å². The highest BCUT2D eigenvalue weighted by molar-refractivity contribution is 6.34. The van der Waals surface area contributed by atoms with Crippen LogP contribution in [0.1, 0.15) is 12.8 Å². The molecular formula is C14H13ClN2O3. The minimum absolute atomic E-state index is 0.200. The van der Waals surface area contributed by atoms with Crippen molar-refractivity contribution in [1.29, 1.82) is 0 Å². The van der Waals surface area contributed by atoms with Crippen molar-refractivity contribution >= 4 is 34.0 Å². The van der Waals surface area contributed by atoms with Gasteiger partial charge in [0.25, 0.3) is 11.5 Å². The minimum atomic E-state index is -0.416. The highest BCUT2D eigenvalue weighted by atomic mass is 35.5. The van der Waals surface area contributed by atoms with E-state index in [0.29, 0.717) is 22.7 Å². The summed E-state index contributed by atoms with van der Waals surface area (Å²) in [5.74, 6) is -0.200. The highest BCUT2D eigenvalue weighted by Gasteiger charge is 2.24. The number of aromatic nitrogens is 1. The van der Waals surface area contributed by atoms with Gasteiger partial charge < -0.3 is 15.0 Å². The Morgan fingerprint density at radius 3 is 3.05 bits per heavy atom. The molecular weight excluding hydrogens is 280 g/mol. The lowest BCUT2D eigenvalue weighted by Crippen LogP contribution is -2.27. The molecule has 0 saturated carbocycles. The van der Waals surface area contributed by atoms with E-state index in [1.807, 2.05) is 0 Å². The molecule has 1 atom stereocenters. The van der Waals surface area contributed by atoms with Gasteiger partial charge in [0.15, 0.2) is 0 Å². The summed E-state index contributed by atoms with van der Waals surface area (Å²) >= 11 is 6.12. The van der Waals surface area contributed by atoms with Crippen LogP contribution in [0.5, 0.6) is 0 Å². The fourth-order valence-electron chi connectivity index (χ4n) is 2.30. The Morgan fingerprint density at radius 1 is 1.45 bits per heavy atom. The third kappa shape index (κ3) is 2.42. The van der Waals surface area contributed by atoms with Gasteiger partial charge in [-0.1, -0.05) is 11.6 Å². The number of halogens is 1. The predicted octanol–water partition coefficient (Wildman–Crippen LogP) is 2.30. The van der Waals surface area contributed by atoms with Gasteiger partial charge in [0.2, 0.25) is 0 Å². The molecule has 1 aliphatic heterocycles. The first-order chi connectivity index (χ1) is 9.65. The van der Waals surface area contributed by atoms with Gasteiger partial charge in [-0.05, 0) is 36.4 Å². The fourth-order valence-corrected chi connectivity index (χ4v) is 2.51. The second-order valence-electron chi connectivity index (χ2n) is 4.72. The van der Waals surface area contributed by atoms with E-state index in [-0.39, 0.29) is 11.5 Å². The molecule has 3 rings (SSSR count). The van der Waals surface area contributed by atoms with Crippen molar-refractivity contribution < 1.29 is 9.53 Å². The van der Waals surface area contributed by atoms with Crippen LogP contribution in [0.4, 0.5) is 5.69 Å². The molecule has 2 aromatic rings. The van der Waals surface area contributed by atoms with E-state index >= 15 is 0 Å². The number of hydrogen-bond acceptors (Lipinski definition) is 3. The maximum absolute atomic E-state index is 12.0. The number of rotatable bonds is 2. The topological polar surface area (TPSA) is 71.2 Å². The lowest BCUT2D eigenvalue weighted by Gasteiger charge is -2.12. The number of anilines is 1. The monoisotopic (exact) mass is 292 g/mol. The molecule has 0 unspecified atom stereocenters. The number of hydrogen-bond donors (Lipinski definition) is 2. The molecule has 104 valence electrons. The molecule has 0 spiro atoms. The van der Waals surface area contributed by atoms with E-state index in [9.17, 15) is 9.59 Å². The number of carbonyl (C=O) groups is 1. The zero-order valence-corrected chi connectivity index (χ0v) is 11.4. The van der Waals surface area contributed by atoms with E-state index in [1.165, 1.54) is 0 Å². The first kappa shape index (κ1) is 13.1. The largest absolute Gasteiger partial charge is 0.368 e. The summed E-state index contributed by atoms with van der Waals surface area (Å²) in [6.45, 7) is 0.610. The van der Waals surface area contributed by atoms with Gasteiger partial charge >= 0.3 is 0 Å². The molecule has 1 saturated heterocycles. The molecule has 1 aromatic heterocycles. The fraction of sp³-hybridized carbons (Fsp3) is 0.286. The number of H-pyrrole nitrogens is 1. The van der Waals surface area contributed by atoms with Gasteiger partial charge in [-0.25, -0.2) is 0 Å². The van der Waals surface area contributed by atoms with Crippen molar-refractivity contribution in [3.8, 4) is 0 Å². The zero-order chi connectivity index (χ0) is 14.1. The van der Waals surface area contributed by atoms with Crippen molar-refractivity contribution in [1.82, 2.24) is 4.98 Å². The van der Waals surface area contributed by atoms with E-state index in [2.05, 4.69) is 10.3 Å². The molecule has 0 radical (unpaired) electrons. The number of aromatic amines is 1. The van der Waals surface area contributed by atoms with Crippen molar-refractivity contribution in [2.45, 2.75) is 18.9 Å². The molecule has 1 fully saturated rings. The number of fused-ring (bicyclic) bond motifs is 1. The Hall–Kier alpha value is -1.85. The van der Waals surface area contributed by atoms with Gasteiger partial charge in [0, 0.05) is 18.2 Å². The maximum Gasteiger partial charge on any atom is 0.255 e. The number of pyridine rings is 1. The van der Waals surface area contributed by atoms with Crippen LogP contribution >= 0.6 is 11.6 Å². The molecule has 2 N–H and O–H groups in total. The van der Waals surface area contributed by atoms with Crippen LogP contribution < -0.4 is 10.9 Å². The smallest absolute Gasteiger partial charge is 0.255 e. The molecule has 0 bridgehead atoms. The van der Waals surface area contributed by atoms with Crippen LogP contribution in [-0.2, 0) is 9.53 Å². The molecule has 5 nitrogen and oxygen atoms in total. The van der Waals surface area contributed by atoms with Crippen LogP contribution in [0.2, 0.25) is 5.02 Å². The van der Waals surface area contributed by atoms with E-state index in [1.54, 1.807) is 24.4 Å². The lowest BCUT2D eigenvalue weighted by atomic mass is 10.1. The molecule has 2 heterocycles. The van der Waals surface area contributed by atoms with Crippen LogP contribution in [0.25, 0.3) is 10.8 Å². The standard InChI is InChI=1S/C14H13ClN2O3/c15-10-7-9-8(3-4-16-13(9)18)6-11(10)17-14(19)12-2-1-5-20-12/h3-4,6-7,12H,1-2,5H2,(H,16,18)(H,17,19)/t12-/m0/s1. The number of ether oxygens (including phenoxy) is 1. The van der Waals surface area contributed by atoms with Crippen LogP contribution in [0.15, 0.2) is 29.2 Å². The Labute approximate surface area is 119 Å². The zero-order valence-electron chi connectivity index (χ0n) is 10.6. The first-order valence-electron chi connectivity index (χ1n) is 6.38. The van der Waals surface area contributed by atoms with E-state index in [0.717, 1.165) is 18.2 Å². The van der Waals surface area contributed by atoms with E-state index in [4.69, 9.17) is 16.3 Å². The normalized spacial score (nSPS) is 18.4. The van der Waals surface area contributed by atoms with Crippen LogP contribution in [0, 0.1) is 0 Å². The van der Waals surface area contributed by atoms with Gasteiger partial charge in [-0.3, -0.25) is 9.59 Å². The third-order valence-corrected chi connectivity index (χ3v) is 3.65. The second-order valence-corrected chi connectivity index (χ2v) is 5.12. The number of benzene rings is 1. The number of carbonyl (C=O) groups excluding carboxylic acids is 1. The molecule has 1 aromatic carbocycles. The Kier molecular flexibility index (Phi) is 3.46. The van der Waals surface area contributed by atoms with E-state index < -0.39 is 6.10 Å². The first-order valence-corrected chi connectivity index (χ1v) is 6.76. The molecule has 1 amide bonds. The Bertz CT molecular complexity index is 720. The quantitative estimate of drug-likeness (QED) is 0.892.